The third-order valence-electron chi connectivity index (χ3n) is 5.50. The molecule has 0 saturated heterocycles. The van der Waals surface area contributed by atoms with Crippen molar-refractivity contribution in [2.24, 2.45) is 0 Å². The fourth-order valence-corrected chi connectivity index (χ4v) is 4.07. The van der Waals surface area contributed by atoms with Gasteiger partial charge in [0, 0.05) is 5.56 Å². The van der Waals surface area contributed by atoms with Crippen molar-refractivity contribution in [3.8, 4) is 0 Å². The Hall–Kier alpha value is -1.84. The maximum absolute atomic E-state index is 12.8. The maximum Gasteiger partial charge on any atom is 0.331 e. The minimum Gasteiger partial charge on any atom is -0.467 e. The van der Waals surface area contributed by atoms with Crippen molar-refractivity contribution in [1.82, 2.24) is 5.32 Å². The zero-order valence-electron chi connectivity index (χ0n) is 14.5. The van der Waals surface area contributed by atoms with Gasteiger partial charge in [0.2, 0.25) is 0 Å². The number of benzene rings is 1. The number of aryl methyl sites for hydroxylation is 2. The Labute approximate surface area is 144 Å². The molecule has 1 fully saturated rings. The molecule has 0 heterocycles. The molecule has 0 spiro atoms. The van der Waals surface area contributed by atoms with E-state index in [1.54, 1.807) is 0 Å². The van der Waals surface area contributed by atoms with Gasteiger partial charge in [0.25, 0.3) is 5.91 Å². The first-order chi connectivity index (χ1) is 11.6. The third-order valence-corrected chi connectivity index (χ3v) is 5.50. The molecule has 2 aliphatic rings. The zero-order chi connectivity index (χ0) is 17.0. The van der Waals surface area contributed by atoms with E-state index < -0.39 is 5.54 Å². The Kier molecular flexibility index (Phi) is 5.22. The molecule has 1 aromatic carbocycles. The van der Waals surface area contributed by atoms with Crippen LogP contribution in [0.25, 0.3) is 0 Å². The fraction of sp³-hybridized carbons (Fsp3) is 0.600. The summed E-state index contributed by atoms with van der Waals surface area (Å²) in [5.41, 5.74) is 2.43. The number of esters is 1. The normalized spacial score (nSPS) is 19.7. The van der Waals surface area contributed by atoms with Crippen LogP contribution in [0, 0.1) is 0 Å². The van der Waals surface area contributed by atoms with Crippen LogP contribution < -0.4 is 5.32 Å². The Balaban J connectivity index is 1.81. The summed E-state index contributed by atoms with van der Waals surface area (Å²) >= 11 is 0. The van der Waals surface area contributed by atoms with Crippen molar-refractivity contribution in [3.05, 3.63) is 34.9 Å². The molecule has 0 radical (unpaired) electrons. The van der Waals surface area contributed by atoms with Crippen molar-refractivity contribution in [2.45, 2.75) is 69.7 Å². The molecule has 4 nitrogen and oxygen atoms in total. The average molecular weight is 329 g/mol. The van der Waals surface area contributed by atoms with Crippen LogP contribution in [0.1, 0.15) is 72.9 Å². The zero-order valence-corrected chi connectivity index (χ0v) is 14.5. The summed E-state index contributed by atoms with van der Waals surface area (Å²) in [5, 5.41) is 3.03. The van der Waals surface area contributed by atoms with Crippen molar-refractivity contribution in [3.63, 3.8) is 0 Å². The Bertz CT molecular complexity index is 615. The van der Waals surface area contributed by atoms with E-state index in [2.05, 4.69) is 11.4 Å². The van der Waals surface area contributed by atoms with Crippen LogP contribution in [0.2, 0.25) is 0 Å². The van der Waals surface area contributed by atoms with Crippen molar-refractivity contribution >= 4 is 11.9 Å². The second kappa shape index (κ2) is 7.37. The number of amides is 1. The van der Waals surface area contributed by atoms with Gasteiger partial charge in [-0.15, -0.1) is 0 Å². The molecular weight excluding hydrogens is 302 g/mol. The Morgan fingerprint density at radius 1 is 0.958 bits per heavy atom. The molecule has 24 heavy (non-hydrogen) atoms. The summed E-state index contributed by atoms with van der Waals surface area (Å²) in [4.78, 5) is 25.2. The summed E-state index contributed by atoms with van der Waals surface area (Å²) in [5.74, 6) is -0.466. The second-order valence-corrected chi connectivity index (χ2v) is 7.13. The van der Waals surface area contributed by atoms with E-state index in [-0.39, 0.29) is 11.9 Å². The number of nitrogens with one attached hydrogen (secondary N) is 1. The SMILES string of the molecule is COC(=O)C1(NC(=O)c2ccc3c(c2)CCCC3)CCCCCC1. The first kappa shape index (κ1) is 17.0. The van der Waals surface area contributed by atoms with Crippen LogP contribution in [0.15, 0.2) is 18.2 Å². The molecule has 1 aromatic rings. The number of hydrogen-bond donors (Lipinski definition) is 1. The average Bonchev–Trinajstić information content (AvgIpc) is 2.87. The van der Waals surface area contributed by atoms with Crippen molar-refractivity contribution < 1.29 is 14.3 Å². The van der Waals surface area contributed by atoms with E-state index >= 15 is 0 Å². The van der Waals surface area contributed by atoms with E-state index in [0.29, 0.717) is 18.4 Å². The molecule has 1 N–H and O–H groups in total. The lowest BCUT2D eigenvalue weighted by Crippen LogP contribution is -2.54. The highest BCUT2D eigenvalue weighted by Gasteiger charge is 2.41. The van der Waals surface area contributed by atoms with Crippen molar-refractivity contribution in [1.29, 1.82) is 0 Å². The molecule has 130 valence electrons. The predicted octanol–water partition coefficient (Wildman–Crippen LogP) is 3.56. The summed E-state index contributed by atoms with van der Waals surface area (Å²) in [6.45, 7) is 0. The molecular formula is C20H27NO3. The van der Waals surface area contributed by atoms with Gasteiger partial charge in [0.1, 0.15) is 5.54 Å². The molecule has 3 rings (SSSR count). The molecule has 0 unspecified atom stereocenters. The molecule has 0 aliphatic heterocycles. The van der Waals surface area contributed by atoms with Gasteiger partial charge in [-0.2, -0.15) is 0 Å². The highest BCUT2D eigenvalue weighted by molar-refractivity contribution is 5.98. The van der Waals surface area contributed by atoms with Crippen LogP contribution in [0.3, 0.4) is 0 Å². The second-order valence-electron chi connectivity index (χ2n) is 7.13. The van der Waals surface area contributed by atoms with Crippen LogP contribution in [0.5, 0.6) is 0 Å². The van der Waals surface area contributed by atoms with Gasteiger partial charge in [-0.05, 0) is 61.8 Å². The summed E-state index contributed by atoms with van der Waals surface area (Å²) < 4.78 is 5.02. The molecule has 4 heteroatoms. The number of carbonyl (C=O) groups excluding carboxylic acids is 2. The van der Waals surface area contributed by atoms with Crippen LogP contribution in [0.4, 0.5) is 0 Å². The molecule has 0 bridgehead atoms. The van der Waals surface area contributed by atoms with E-state index in [0.717, 1.165) is 38.5 Å². The topological polar surface area (TPSA) is 55.4 Å². The van der Waals surface area contributed by atoms with E-state index in [4.69, 9.17) is 4.74 Å². The van der Waals surface area contributed by atoms with Crippen LogP contribution in [-0.2, 0) is 22.4 Å². The van der Waals surface area contributed by atoms with Gasteiger partial charge >= 0.3 is 5.97 Å². The molecule has 1 amide bonds. The van der Waals surface area contributed by atoms with E-state index in [1.165, 1.54) is 31.1 Å². The number of hydrogen-bond acceptors (Lipinski definition) is 3. The highest BCUT2D eigenvalue weighted by Crippen LogP contribution is 2.29. The highest BCUT2D eigenvalue weighted by atomic mass is 16.5. The third kappa shape index (κ3) is 3.47. The molecule has 0 atom stereocenters. The smallest absolute Gasteiger partial charge is 0.331 e. The number of rotatable bonds is 3. The number of ether oxygens (including phenoxy) is 1. The van der Waals surface area contributed by atoms with Gasteiger partial charge in [0.05, 0.1) is 7.11 Å². The lowest BCUT2D eigenvalue weighted by atomic mass is 9.88. The van der Waals surface area contributed by atoms with Gasteiger partial charge in [-0.25, -0.2) is 4.79 Å². The Morgan fingerprint density at radius 3 is 2.29 bits per heavy atom. The van der Waals surface area contributed by atoms with Crippen LogP contribution in [-0.4, -0.2) is 24.5 Å². The lowest BCUT2D eigenvalue weighted by molar-refractivity contribution is -0.148. The number of fused-ring (bicyclic) bond motifs is 1. The largest absolute Gasteiger partial charge is 0.467 e. The van der Waals surface area contributed by atoms with Crippen LogP contribution >= 0.6 is 0 Å². The van der Waals surface area contributed by atoms with Crippen molar-refractivity contribution in [2.75, 3.05) is 7.11 Å². The fourth-order valence-electron chi connectivity index (χ4n) is 4.07. The molecule has 1 saturated carbocycles. The monoisotopic (exact) mass is 329 g/mol. The summed E-state index contributed by atoms with van der Waals surface area (Å²) in [6, 6.07) is 5.97. The standard InChI is InChI=1S/C20H27NO3/c1-24-19(23)20(12-6-2-3-7-13-20)21-18(22)17-11-10-15-8-4-5-9-16(15)14-17/h10-11,14H,2-9,12-13H2,1H3,(H,21,22). The minimum atomic E-state index is -0.863. The Morgan fingerprint density at radius 2 is 1.62 bits per heavy atom. The lowest BCUT2D eigenvalue weighted by Gasteiger charge is -2.31. The maximum atomic E-state index is 12.8. The summed E-state index contributed by atoms with van der Waals surface area (Å²) in [6.07, 6.45) is 9.98. The van der Waals surface area contributed by atoms with Gasteiger partial charge in [-0.1, -0.05) is 31.7 Å². The minimum absolute atomic E-state index is 0.157. The summed E-state index contributed by atoms with van der Waals surface area (Å²) in [7, 11) is 1.40. The quantitative estimate of drug-likeness (QED) is 0.681. The number of methoxy groups -OCH3 is 1. The van der Waals surface area contributed by atoms with Gasteiger partial charge < -0.3 is 10.1 Å². The number of carbonyl (C=O) groups is 2. The predicted molar refractivity (Wildman–Crippen MR) is 93.0 cm³/mol. The van der Waals surface area contributed by atoms with Gasteiger partial charge in [-0.3, -0.25) is 4.79 Å². The first-order valence-corrected chi connectivity index (χ1v) is 9.17. The van der Waals surface area contributed by atoms with E-state index in [1.807, 2.05) is 12.1 Å². The molecule has 2 aliphatic carbocycles. The van der Waals surface area contributed by atoms with Gasteiger partial charge in [0.15, 0.2) is 0 Å². The van der Waals surface area contributed by atoms with E-state index in [9.17, 15) is 9.59 Å². The first-order valence-electron chi connectivity index (χ1n) is 9.17. The molecule has 0 aromatic heterocycles.